The summed E-state index contributed by atoms with van der Waals surface area (Å²) >= 11 is 0. The van der Waals surface area contributed by atoms with Gasteiger partial charge in [0.1, 0.15) is 0 Å². The largest absolute Gasteiger partial charge is 0.387 e. The molecule has 0 bridgehead atoms. The van der Waals surface area contributed by atoms with Crippen molar-refractivity contribution in [2.75, 3.05) is 0 Å². The summed E-state index contributed by atoms with van der Waals surface area (Å²) in [4.78, 5) is 0. The molecular weight excluding hydrogens is 212 g/mol. The van der Waals surface area contributed by atoms with Gasteiger partial charge in [0, 0.05) is 12.4 Å². The number of benzene rings is 1. The molecule has 0 saturated carbocycles. The average Bonchev–Trinajstić information content (AvgIpc) is 2.68. The summed E-state index contributed by atoms with van der Waals surface area (Å²) in [6.07, 6.45) is 3.77. The molecule has 17 heavy (non-hydrogen) atoms. The van der Waals surface area contributed by atoms with Crippen LogP contribution >= 0.6 is 0 Å². The minimum absolute atomic E-state index is 0.437. The Bertz CT molecular complexity index is 490. The Morgan fingerprint density at radius 2 is 2.06 bits per heavy atom. The molecule has 1 atom stereocenters. The lowest BCUT2D eigenvalue weighted by Gasteiger charge is -2.07. The first-order chi connectivity index (χ1) is 8.24. The van der Waals surface area contributed by atoms with Gasteiger partial charge in [-0.05, 0) is 12.5 Å². The summed E-state index contributed by atoms with van der Waals surface area (Å²) in [6.45, 7) is 2.17. The number of aromatic nitrogens is 2. The van der Waals surface area contributed by atoms with Crippen molar-refractivity contribution in [1.29, 1.82) is 0 Å². The van der Waals surface area contributed by atoms with E-state index < -0.39 is 6.10 Å². The van der Waals surface area contributed by atoms with Crippen molar-refractivity contribution < 1.29 is 5.11 Å². The zero-order valence-electron chi connectivity index (χ0n) is 10.6. The van der Waals surface area contributed by atoms with Gasteiger partial charge in [0.05, 0.1) is 17.3 Å². The molecule has 0 aliphatic carbocycles. The van der Waals surface area contributed by atoms with E-state index in [0.717, 1.165) is 29.4 Å². The summed E-state index contributed by atoms with van der Waals surface area (Å²) in [6, 6.07) is 8.05. The molecule has 2 aromatic rings. The molecule has 92 valence electrons. The highest BCUT2D eigenvalue weighted by molar-refractivity contribution is 5.82. The quantitative estimate of drug-likeness (QED) is 0.804. The molecule has 2 rings (SSSR count). The first-order valence-corrected chi connectivity index (χ1v) is 6.33. The van der Waals surface area contributed by atoms with Crippen molar-refractivity contribution in [1.82, 2.24) is 9.78 Å². The number of hydrogen-bond donors (Lipinski definition) is 1. The van der Waals surface area contributed by atoms with Gasteiger partial charge in [-0.2, -0.15) is 5.10 Å². The van der Waals surface area contributed by atoms with Gasteiger partial charge in [0.25, 0.3) is 0 Å². The number of aliphatic hydroxyl groups excluding tert-OH is 1. The van der Waals surface area contributed by atoms with Gasteiger partial charge < -0.3 is 5.11 Å². The summed E-state index contributed by atoms with van der Waals surface area (Å²) in [5.74, 6) is 0. The molecule has 1 N–H and O–H groups in total. The van der Waals surface area contributed by atoms with Crippen molar-refractivity contribution in [3.63, 3.8) is 0 Å². The Morgan fingerprint density at radius 1 is 1.29 bits per heavy atom. The zero-order chi connectivity index (χ0) is 12.3. The second-order valence-electron chi connectivity index (χ2n) is 4.54. The van der Waals surface area contributed by atoms with E-state index >= 15 is 0 Å². The van der Waals surface area contributed by atoms with Gasteiger partial charge >= 0.3 is 0 Å². The van der Waals surface area contributed by atoms with Gasteiger partial charge in [-0.15, -0.1) is 0 Å². The van der Waals surface area contributed by atoms with Crippen molar-refractivity contribution in [3.05, 3.63) is 30.0 Å². The monoisotopic (exact) mass is 232 g/mol. The van der Waals surface area contributed by atoms with E-state index in [-0.39, 0.29) is 0 Å². The van der Waals surface area contributed by atoms with Crippen LogP contribution in [0.2, 0.25) is 0 Å². The minimum atomic E-state index is -0.437. The van der Waals surface area contributed by atoms with Crippen LogP contribution in [0.3, 0.4) is 0 Å². The van der Waals surface area contributed by atoms with Crippen LogP contribution in [0.1, 0.15) is 44.4 Å². The van der Waals surface area contributed by atoms with E-state index in [1.54, 1.807) is 0 Å². The maximum atomic E-state index is 10.2. The molecule has 1 aromatic heterocycles. The number of aliphatic hydroxyl groups is 1. The van der Waals surface area contributed by atoms with Crippen LogP contribution in [0.4, 0.5) is 0 Å². The fourth-order valence-electron chi connectivity index (χ4n) is 2.21. The molecule has 3 heteroatoms. The normalized spacial score (nSPS) is 13.1. The molecule has 1 unspecified atom stereocenters. The number of unbranched alkanes of at least 4 members (excludes halogenated alkanes) is 2. The minimum Gasteiger partial charge on any atom is -0.387 e. The van der Waals surface area contributed by atoms with Crippen LogP contribution in [0, 0.1) is 0 Å². The molecule has 0 spiro atoms. The summed E-state index contributed by atoms with van der Waals surface area (Å²) in [5.41, 5.74) is 1.90. The van der Waals surface area contributed by atoms with Gasteiger partial charge in [-0.3, -0.25) is 4.68 Å². The lowest BCUT2D eigenvalue weighted by Crippen LogP contribution is -2.00. The van der Waals surface area contributed by atoms with E-state index in [0.29, 0.717) is 0 Å². The topological polar surface area (TPSA) is 38.1 Å². The molecule has 0 saturated heterocycles. The first kappa shape index (κ1) is 12.1. The van der Waals surface area contributed by atoms with Crippen LogP contribution in [-0.2, 0) is 7.05 Å². The van der Waals surface area contributed by atoms with Crippen LogP contribution in [-0.4, -0.2) is 14.9 Å². The van der Waals surface area contributed by atoms with Gasteiger partial charge in [-0.25, -0.2) is 0 Å². The van der Waals surface area contributed by atoms with E-state index in [1.165, 1.54) is 12.8 Å². The number of aryl methyl sites for hydroxylation is 1. The Hall–Kier alpha value is -1.35. The number of rotatable bonds is 5. The highest BCUT2D eigenvalue weighted by atomic mass is 16.3. The second-order valence-corrected chi connectivity index (χ2v) is 4.54. The first-order valence-electron chi connectivity index (χ1n) is 6.33. The average molecular weight is 232 g/mol. The van der Waals surface area contributed by atoms with Gasteiger partial charge in [0.15, 0.2) is 0 Å². The van der Waals surface area contributed by atoms with E-state index in [4.69, 9.17) is 0 Å². The lowest BCUT2D eigenvalue weighted by molar-refractivity contribution is 0.159. The highest BCUT2D eigenvalue weighted by Crippen LogP contribution is 2.26. The van der Waals surface area contributed by atoms with Crippen molar-refractivity contribution in [2.24, 2.45) is 7.05 Å². The zero-order valence-corrected chi connectivity index (χ0v) is 10.6. The summed E-state index contributed by atoms with van der Waals surface area (Å²) in [7, 11) is 1.92. The Kier molecular flexibility index (Phi) is 3.79. The van der Waals surface area contributed by atoms with Gasteiger partial charge in [-0.1, -0.05) is 44.4 Å². The van der Waals surface area contributed by atoms with E-state index in [9.17, 15) is 5.11 Å². The third-order valence-electron chi connectivity index (χ3n) is 3.18. The summed E-state index contributed by atoms with van der Waals surface area (Å²) in [5, 5.41) is 15.7. The molecule has 0 aliphatic heterocycles. The van der Waals surface area contributed by atoms with Gasteiger partial charge in [0.2, 0.25) is 0 Å². The van der Waals surface area contributed by atoms with Crippen LogP contribution in [0.25, 0.3) is 10.9 Å². The summed E-state index contributed by atoms with van der Waals surface area (Å²) < 4.78 is 1.84. The maximum Gasteiger partial charge on any atom is 0.0988 e. The fourth-order valence-corrected chi connectivity index (χ4v) is 2.21. The fraction of sp³-hybridized carbons (Fsp3) is 0.500. The Labute approximate surface area is 102 Å². The molecule has 3 nitrogen and oxygen atoms in total. The number of nitrogens with zero attached hydrogens (tertiary/aromatic N) is 2. The third kappa shape index (κ3) is 2.50. The Morgan fingerprint density at radius 3 is 2.82 bits per heavy atom. The van der Waals surface area contributed by atoms with Crippen molar-refractivity contribution in [2.45, 2.75) is 38.7 Å². The molecular formula is C14H20N2O. The number of hydrogen-bond acceptors (Lipinski definition) is 2. The molecule has 0 amide bonds. The van der Waals surface area contributed by atoms with Crippen molar-refractivity contribution >= 4 is 10.9 Å². The highest BCUT2D eigenvalue weighted by Gasteiger charge is 2.15. The van der Waals surface area contributed by atoms with Crippen LogP contribution in [0.5, 0.6) is 0 Å². The SMILES string of the molecule is CCCCCC(O)c1nn(C)c2ccccc12. The lowest BCUT2D eigenvalue weighted by atomic mass is 10.1. The van der Waals surface area contributed by atoms with E-state index in [2.05, 4.69) is 12.0 Å². The van der Waals surface area contributed by atoms with Crippen LogP contribution in [0.15, 0.2) is 24.3 Å². The third-order valence-corrected chi connectivity index (χ3v) is 3.18. The molecule has 0 fully saturated rings. The predicted molar refractivity (Wildman–Crippen MR) is 69.8 cm³/mol. The van der Waals surface area contributed by atoms with E-state index in [1.807, 2.05) is 36.0 Å². The maximum absolute atomic E-state index is 10.2. The number of para-hydroxylation sites is 1. The Balaban J connectivity index is 2.23. The second kappa shape index (κ2) is 5.32. The molecule has 1 heterocycles. The molecule has 0 aliphatic rings. The molecule has 0 radical (unpaired) electrons. The van der Waals surface area contributed by atoms with Crippen LogP contribution < -0.4 is 0 Å². The standard InChI is InChI=1S/C14H20N2O/c1-3-4-5-10-13(17)14-11-8-6-7-9-12(11)16(2)15-14/h6-9,13,17H,3-5,10H2,1-2H3. The predicted octanol–water partition coefficient (Wildman–Crippen LogP) is 3.19. The number of fused-ring (bicyclic) bond motifs is 1. The smallest absolute Gasteiger partial charge is 0.0988 e. The molecule has 1 aromatic carbocycles. The van der Waals surface area contributed by atoms with Crippen molar-refractivity contribution in [3.8, 4) is 0 Å².